The molecule has 3 fully saturated rings. The highest BCUT2D eigenvalue weighted by Gasteiger charge is 2.48. The highest BCUT2D eigenvalue weighted by Crippen LogP contribution is 2.30. The van der Waals surface area contributed by atoms with E-state index in [2.05, 4.69) is 9.28 Å². The summed E-state index contributed by atoms with van der Waals surface area (Å²) in [6.45, 7) is 2.37. The molecule has 11 heteroatoms. The van der Waals surface area contributed by atoms with Gasteiger partial charge in [0, 0.05) is 26.3 Å². The van der Waals surface area contributed by atoms with Gasteiger partial charge in [-0.3, -0.25) is 9.55 Å². The molecule has 0 aromatic heterocycles. The summed E-state index contributed by atoms with van der Waals surface area (Å²) in [5.74, 6) is 0.810. The molecule has 0 unspecified atom stereocenters. The zero-order valence-electron chi connectivity index (χ0n) is 13.2. The van der Waals surface area contributed by atoms with Crippen LogP contribution in [0.1, 0.15) is 25.7 Å². The molecule has 24 heavy (non-hydrogen) atoms. The predicted molar refractivity (Wildman–Crippen MR) is 83.4 cm³/mol. The molecular formula is C13H22N4O6S. The molecule has 2 atom stereocenters. The number of nitrogens with two attached hydrogens (primary N) is 1. The van der Waals surface area contributed by atoms with Crippen molar-refractivity contribution in [2.45, 2.75) is 37.8 Å². The van der Waals surface area contributed by atoms with E-state index in [1.807, 2.05) is 0 Å². The topological polar surface area (TPSA) is 135 Å². The van der Waals surface area contributed by atoms with E-state index in [9.17, 15) is 13.2 Å². The molecule has 0 aliphatic carbocycles. The zero-order chi connectivity index (χ0) is 17.3. The molecular weight excluding hydrogens is 340 g/mol. The summed E-state index contributed by atoms with van der Waals surface area (Å²) < 4.78 is 40.2. The normalized spacial score (nSPS) is 29.4. The third-order valence-electron chi connectivity index (χ3n) is 4.71. The zero-order valence-corrected chi connectivity index (χ0v) is 14.0. The molecule has 0 radical (unpaired) electrons. The number of carbonyl (C=O) groups excluding carboxylic acids is 1. The van der Waals surface area contributed by atoms with Gasteiger partial charge >= 0.3 is 16.4 Å². The van der Waals surface area contributed by atoms with Crippen LogP contribution in [0.5, 0.6) is 0 Å². The van der Waals surface area contributed by atoms with Crippen molar-refractivity contribution in [2.24, 2.45) is 16.6 Å². The Bertz CT molecular complexity index is 618. The second-order valence-electron chi connectivity index (χ2n) is 6.33. The van der Waals surface area contributed by atoms with Gasteiger partial charge in [0.05, 0.1) is 12.1 Å². The summed E-state index contributed by atoms with van der Waals surface area (Å²) in [5, 5.41) is 0.709. The largest absolute Gasteiger partial charge is 0.418 e. The van der Waals surface area contributed by atoms with Crippen molar-refractivity contribution in [1.29, 1.82) is 0 Å². The van der Waals surface area contributed by atoms with Crippen LogP contribution < -0.4 is 5.73 Å². The first-order chi connectivity index (χ1) is 11.3. The number of rotatable bonds is 5. The lowest BCUT2D eigenvalue weighted by molar-refractivity contribution is -0.0316. The minimum absolute atomic E-state index is 0.298. The number of ether oxygens (including phenoxy) is 1. The smallest absolute Gasteiger partial charge is 0.386 e. The van der Waals surface area contributed by atoms with Gasteiger partial charge in [-0.2, -0.15) is 13.5 Å². The SMILES string of the molecule is NC(=NCC1CCOCC1)[C@@H]1CC[C@@H]2CN1C(=O)N2OS(=O)(=O)O. The molecule has 3 aliphatic rings. The van der Waals surface area contributed by atoms with Gasteiger partial charge < -0.3 is 15.4 Å². The van der Waals surface area contributed by atoms with Crippen LogP contribution in [-0.2, 0) is 19.4 Å². The first kappa shape index (κ1) is 17.4. The number of amidine groups is 1. The quantitative estimate of drug-likeness (QED) is 0.392. The van der Waals surface area contributed by atoms with E-state index in [-0.39, 0.29) is 6.04 Å². The van der Waals surface area contributed by atoms with E-state index < -0.39 is 22.5 Å². The number of hydrogen-bond acceptors (Lipinski definition) is 6. The lowest BCUT2D eigenvalue weighted by Gasteiger charge is -2.30. The number of aliphatic imine (C=N–C) groups is 1. The maximum atomic E-state index is 12.3. The predicted octanol–water partition coefficient (Wildman–Crippen LogP) is -0.227. The molecule has 3 heterocycles. The monoisotopic (exact) mass is 362 g/mol. The number of fused-ring (bicyclic) bond motifs is 2. The molecule has 0 aromatic rings. The second kappa shape index (κ2) is 6.82. The Kier molecular flexibility index (Phi) is 4.95. The number of hydroxylamine groups is 2. The molecule has 3 N–H and O–H groups in total. The second-order valence-corrected chi connectivity index (χ2v) is 7.34. The van der Waals surface area contributed by atoms with Gasteiger partial charge in [0.15, 0.2) is 0 Å². The van der Waals surface area contributed by atoms with E-state index in [1.165, 1.54) is 4.90 Å². The van der Waals surface area contributed by atoms with Crippen LogP contribution in [-0.4, -0.2) is 73.2 Å². The molecule has 3 saturated heterocycles. The first-order valence-corrected chi connectivity index (χ1v) is 9.36. The lowest BCUT2D eigenvalue weighted by Crippen LogP contribution is -2.48. The third-order valence-corrected chi connectivity index (χ3v) is 5.06. The molecule has 3 aliphatic heterocycles. The number of hydrogen-bond donors (Lipinski definition) is 2. The van der Waals surface area contributed by atoms with Crippen LogP contribution in [0.2, 0.25) is 0 Å². The Hall–Kier alpha value is -1.43. The van der Waals surface area contributed by atoms with E-state index in [0.29, 0.717) is 42.7 Å². The van der Waals surface area contributed by atoms with Crippen molar-refractivity contribution in [3.05, 3.63) is 0 Å². The van der Waals surface area contributed by atoms with Gasteiger partial charge in [0.2, 0.25) is 0 Å². The van der Waals surface area contributed by atoms with Gasteiger partial charge in [-0.25, -0.2) is 4.79 Å². The van der Waals surface area contributed by atoms with E-state index in [1.54, 1.807) is 0 Å². The van der Waals surface area contributed by atoms with Crippen molar-refractivity contribution < 1.29 is 26.8 Å². The van der Waals surface area contributed by atoms with Gasteiger partial charge in [-0.05, 0) is 31.6 Å². The fourth-order valence-corrected chi connectivity index (χ4v) is 3.80. The fourth-order valence-electron chi connectivity index (χ4n) is 3.41. The Morgan fingerprint density at radius 2 is 2.04 bits per heavy atom. The molecule has 0 aromatic carbocycles. The van der Waals surface area contributed by atoms with Gasteiger partial charge in [-0.1, -0.05) is 0 Å². The summed E-state index contributed by atoms with van der Waals surface area (Å²) >= 11 is 0. The maximum absolute atomic E-state index is 12.3. The number of nitrogens with zero attached hydrogens (tertiary/aromatic N) is 3. The van der Waals surface area contributed by atoms with Crippen molar-refractivity contribution in [3.8, 4) is 0 Å². The summed E-state index contributed by atoms with van der Waals surface area (Å²) in [6, 6.07) is -1.41. The van der Waals surface area contributed by atoms with Crippen molar-refractivity contribution in [2.75, 3.05) is 26.3 Å². The Labute approximate surface area is 140 Å². The average molecular weight is 362 g/mol. The fraction of sp³-hybridized carbons (Fsp3) is 0.846. The molecule has 3 rings (SSSR count). The van der Waals surface area contributed by atoms with Crippen LogP contribution in [0.25, 0.3) is 0 Å². The van der Waals surface area contributed by atoms with Gasteiger partial charge in [0.1, 0.15) is 5.84 Å². The molecule has 0 saturated carbocycles. The number of urea groups is 1. The van der Waals surface area contributed by atoms with Crippen LogP contribution >= 0.6 is 0 Å². The standard InChI is InChI=1S/C13H22N4O6S/c14-12(15-7-9-3-5-22-6-4-9)11-2-1-10-8-16(11)13(18)17(10)23-24(19,20)21/h9-11H,1-8H2,(H2,14,15)(H,19,20,21)/t10-,11+/m1/s1. The van der Waals surface area contributed by atoms with Crippen molar-refractivity contribution in [1.82, 2.24) is 9.96 Å². The van der Waals surface area contributed by atoms with Crippen molar-refractivity contribution in [3.63, 3.8) is 0 Å². The lowest BCUT2D eigenvalue weighted by atomic mass is 9.99. The third kappa shape index (κ3) is 3.79. The average Bonchev–Trinajstić information content (AvgIpc) is 2.77. The van der Waals surface area contributed by atoms with Crippen LogP contribution in [0, 0.1) is 5.92 Å². The van der Waals surface area contributed by atoms with E-state index >= 15 is 0 Å². The Morgan fingerprint density at radius 3 is 2.71 bits per heavy atom. The van der Waals surface area contributed by atoms with E-state index in [0.717, 1.165) is 26.1 Å². The van der Waals surface area contributed by atoms with Crippen LogP contribution in [0.3, 0.4) is 0 Å². The van der Waals surface area contributed by atoms with E-state index in [4.69, 9.17) is 15.0 Å². The first-order valence-electron chi connectivity index (χ1n) is 7.99. The number of piperidine rings is 1. The molecule has 10 nitrogen and oxygen atoms in total. The minimum atomic E-state index is -4.74. The molecule has 2 bridgehead atoms. The molecule has 136 valence electrons. The summed E-state index contributed by atoms with van der Waals surface area (Å²) in [4.78, 5) is 18.2. The summed E-state index contributed by atoms with van der Waals surface area (Å²) in [6.07, 6.45) is 2.99. The van der Waals surface area contributed by atoms with Gasteiger partial charge in [0.25, 0.3) is 0 Å². The number of amides is 2. The van der Waals surface area contributed by atoms with Crippen molar-refractivity contribution >= 4 is 22.3 Å². The van der Waals surface area contributed by atoms with Crippen LogP contribution in [0.4, 0.5) is 4.79 Å². The summed E-state index contributed by atoms with van der Waals surface area (Å²) in [5.41, 5.74) is 6.08. The van der Waals surface area contributed by atoms with Crippen LogP contribution in [0.15, 0.2) is 4.99 Å². The highest BCUT2D eigenvalue weighted by molar-refractivity contribution is 7.80. The highest BCUT2D eigenvalue weighted by atomic mass is 32.3. The maximum Gasteiger partial charge on any atom is 0.418 e. The molecule has 2 amide bonds. The Balaban J connectivity index is 1.64. The Morgan fingerprint density at radius 1 is 1.33 bits per heavy atom. The minimum Gasteiger partial charge on any atom is -0.386 e. The van der Waals surface area contributed by atoms with Gasteiger partial charge in [-0.15, -0.1) is 4.28 Å². The number of carbonyl (C=O) groups is 1. The molecule has 0 spiro atoms. The summed E-state index contributed by atoms with van der Waals surface area (Å²) in [7, 11) is -4.74.